The van der Waals surface area contributed by atoms with Crippen LogP contribution in [-0.4, -0.2) is 48.7 Å². The second-order valence-electron chi connectivity index (χ2n) is 5.53. The molecule has 0 bridgehead atoms. The lowest BCUT2D eigenvalue weighted by Gasteiger charge is -2.23. The number of aromatic nitrogens is 4. The number of hydrogen-bond donors (Lipinski definition) is 1. The molecule has 1 unspecified atom stereocenters. The molecule has 0 aliphatic carbocycles. The summed E-state index contributed by atoms with van der Waals surface area (Å²) >= 11 is 0. The highest BCUT2D eigenvalue weighted by Gasteiger charge is 2.36. The van der Waals surface area contributed by atoms with E-state index in [2.05, 4.69) is 26.3 Å². The van der Waals surface area contributed by atoms with Crippen LogP contribution in [-0.2, 0) is 13.1 Å². The van der Waals surface area contributed by atoms with Gasteiger partial charge in [-0.2, -0.15) is 0 Å². The third-order valence-corrected chi connectivity index (χ3v) is 3.85. The van der Waals surface area contributed by atoms with Gasteiger partial charge in [0.15, 0.2) is 0 Å². The predicted octanol–water partition coefficient (Wildman–Crippen LogP) is 0.619. The normalized spacial score (nSPS) is 23.3. The SMILES string of the molecule is Cc1ncccc1CN1CCC(O)(Cn2ccnn2)C1. The number of β-amino-alcohol motifs (C(OH)–C–C–N with tert-alkyl or cyclic N) is 1. The standard InChI is InChI=1S/C14H19N5O/c1-12-13(3-2-5-15-12)9-18-7-4-14(20,10-18)11-19-8-6-16-17-19/h2-3,5-6,8,20H,4,7,9-11H2,1H3. The van der Waals surface area contributed by atoms with Crippen LogP contribution in [0.25, 0.3) is 0 Å². The van der Waals surface area contributed by atoms with Crippen molar-refractivity contribution in [1.82, 2.24) is 24.9 Å². The van der Waals surface area contributed by atoms with Crippen LogP contribution in [0.3, 0.4) is 0 Å². The second-order valence-corrected chi connectivity index (χ2v) is 5.53. The van der Waals surface area contributed by atoms with Crippen LogP contribution in [0.5, 0.6) is 0 Å². The van der Waals surface area contributed by atoms with Gasteiger partial charge in [-0.25, -0.2) is 4.68 Å². The molecule has 1 aliphatic heterocycles. The molecule has 0 amide bonds. The number of nitrogens with zero attached hydrogens (tertiary/aromatic N) is 5. The average molecular weight is 273 g/mol. The van der Waals surface area contributed by atoms with E-state index < -0.39 is 5.60 Å². The summed E-state index contributed by atoms with van der Waals surface area (Å²) < 4.78 is 1.69. The molecule has 1 atom stereocenters. The number of aliphatic hydroxyl groups is 1. The summed E-state index contributed by atoms with van der Waals surface area (Å²) in [6.45, 7) is 4.89. The molecule has 1 N–H and O–H groups in total. The lowest BCUT2D eigenvalue weighted by atomic mass is 10.0. The van der Waals surface area contributed by atoms with Gasteiger partial charge in [0, 0.05) is 37.7 Å². The Morgan fingerprint density at radius 3 is 3.05 bits per heavy atom. The second kappa shape index (κ2) is 5.30. The zero-order chi connectivity index (χ0) is 14.0. The molecule has 2 aromatic rings. The number of aryl methyl sites for hydroxylation is 1. The van der Waals surface area contributed by atoms with E-state index in [9.17, 15) is 5.11 Å². The zero-order valence-corrected chi connectivity index (χ0v) is 11.6. The van der Waals surface area contributed by atoms with Gasteiger partial charge in [0.2, 0.25) is 0 Å². The van der Waals surface area contributed by atoms with E-state index in [1.807, 2.05) is 19.2 Å². The first kappa shape index (κ1) is 13.2. The van der Waals surface area contributed by atoms with Gasteiger partial charge in [0.05, 0.1) is 18.3 Å². The molecule has 0 aromatic carbocycles. The minimum Gasteiger partial charge on any atom is -0.387 e. The Kier molecular flexibility index (Phi) is 3.50. The first-order valence-electron chi connectivity index (χ1n) is 6.84. The van der Waals surface area contributed by atoms with Crippen LogP contribution in [0.2, 0.25) is 0 Å². The van der Waals surface area contributed by atoms with Gasteiger partial charge in [-0.1, -0.05) is 11.3 Å². The minimum atomic E-state index is -0.718. The summed E-state index contributed by atoms with van der Waals surface area (Å²) in [4.78, 5) is 6.57. The van der Waals surface area contributed by atoms with Crippen molar-refractivity contribution in [1.29, 1.82) is 0 Å². The van der Waals surface area contributed by atoms with E-state index in [0.717, 1.165) is 25.2 Å². The molecule has 2 aromatic heterocycles. The van der Waals surface area contributed by atoms with Gasteiger partial charge in [-0.05, 0) is 25.0 Å². The Labute approximate surface area is 118 Å². The topological polar surface area (TPSA) is 67.1 Å². The fourth-order valence-corrected chi connectivity index (χ4v) is 2.75. The van der Waals surface area contributed by atoms with E-state index in [1.54, 1.807) is 17.1 Å². The summed E-state index contributed by atoms with van der Waals surface area (Å²) in [6.07, 6.45) is 5.98. The molecule has 0 spiro atoms. The van der Waals surface area contributed by atoms with Gasteiger partial charge < -0.3 is 5.11 Å². The van der Waals surface area contributed by atoms with Gasteiger partial charge in [0.1, 0.15) is 0 Å². The Bertz CT molecular complexity index is 571. The Hall–Kier alpha value is -1.79. The highest BCUT2D eigenvalue weighted by Crippen LogP contribution is 2.24. The van der Waals surface area contributed by atoms with E-state index in [-0.39, 0.29) is 0 Å². The number of hydrogen-bond acceptors (Lipinski definition) is 5. The summed E-state index contributed by atoms with van der Waals surface area (Å²) in [5.41, 5.74) is 1.56. The lowest BCUT2D eigenvalue weighted by Crippen LogP contribution is -2.37. The number of rotatable bonds is 4. The fourth-order valence-electron chi connectivity index (χ4n) is 2.75. The average Bonchev–Trinajstić information content (AvgIpc) is 3.03. The first-order valence-corrected chi connectivity index (χ1v) is 6.84. The molecule has 106 valence electrons. The summed E-state index contributed by atoms with van der Waals surface area (Å²) in [7, 11) is 0. The molecule has 1 aliphatic rings. The Morgan fingerprint density at radius 2 is 2.30 bits per heavy atom. The summed E-state index contributed by atoms with van der Waals surface area (Å²) in [5.74, 6) is 0. The molecule has 6 heteroatoms. The maximum absolute atomic E-state index is 10.6. The number of likely N-dealkylation sites (tertiary alicyclic amines) is 1. The molecule has 0 saturated carbocycles. The van der Waals surface area contributed by atoms with Crippen molar-refractivity contribution in [3.63, 3.8) is 0 Å². The van der Waals surface area contributed by atoms with E-state index in [4.69, 9.17) is 0 Å². The maximum atomic E-state index is 10.6. The minimum absolute atomic E-state index is 0.496. The largest absolute Gasteiger partial charge is 0.387 e. The van der Waals surface area contributed by atoms with Crippen molar-refractivity contribution >= 4 is 0 Å². The Balaban J connectivity index is 1.63. The molecule has 3 rings (SSSR count). The van der Waals surface area contributed by atoms with Crippen LogP contribution >= 0.6 is 0 Å². The summed E-state index contributed by atoms with van der Waals surface area (Å²) in [5, 5.41) is 18.3. The van der Waals surface area contributed by atoms with Crippen molar-refractivity contribution in [3.05, 3.63) is 42.0 Å². The summed E-state index contributed by atoms with van der Waals surface area (Å²) in [6, 6.07) is 4.05. The van der Waals surface area contributed by atoms with Crippen LogP contribution < -0.4 is 0 Å². The molecular formula is C14H19N5O. The highest BCUT2D eigenvalue weighted by molar-refractivity contribution is 5.18. The maximum Gasteiger partial charge on any atom is 0.0981 e. The van der Waals surface area contributed by atoms with E-state index >= 15 is 0 Å². The van der Waals surface area contributed by atoms with Crippen molar-refractivity contribution < 1.29 is 5.11 Å². The monoisotopic (exact) mass is 273 g/mol. The van der Waals surface area contributed by atoms with Crippen molar-refractivity contribution in [2.75, 3.05) is 13.1 Å². The third kappa shape index (κ3) is 2.86. The number of pyridine rings is 1. The van der Waals surface area contributed by atoms with Crippen molar-refractivity contribution in [2.24, 2.45) is 0 Å². The quantitative estimate of drug-likeness (QED) is 0.884. The lowest BCUT2D eigenvalue weighted by molar-refractivity contribution is 0.0274. The fraction of sp³-hybridized carbons (Fsp3) is 0.500. The Morgan fingerprint density at radius 1 is 1.40 bits per heavy atom. The molecular weight excluding hydrogens is 254 g/mol. The van der Waals surface area contributed by atoms with E-state index in [1.165, 1.54) is 5.56 Å². The molecule has 1 saturated heterocycles. The zero-order valence-electron chi connectivity index (χ0n) is 11.6. The van der Waals surface area contributed by atoms with Gasteiger partial charge in [-0.15, -0.1) is 5.10 Å². The smallest absolute Gasteiger partial charge is 0.0981 e. The van der Waals surface area contributed by atoms with Gasteiger partial charge >= 0.3 is 0 Å². The molecule has 1 fully saturated rings. The van der Waals surface area contributed by atoms with Crippen LogP contribution in [0.15, 0.2) is 30.7 Å². The van der Waals surface area contributed by atoms with Crippen molar-refractivity contribution in [3.8, 4) is 0 Å². The van der Waals surface area contributed by atoms with Gasteiger partial charge in [0.25, 0.3) is 0 Å². The molecule has 3 heterocycles. The molecule has 6 nitrogen and oxygen atoms in total. The van der Waals surface area contributed by atoms with E-state index in [0.29, 0.717) is 13.1 Å². The molecule has 0 radical (unpaired) electrons. The van der Waals surface area contributed by atoms with Crippen LogP contribution in [0.1, 0.15) is 17.7 Å². The molecule has 20 heavy (non-hydrogen) atoms. The third-order valence-electron chi connectivity index (χ3n) is 3.85. The van der Waals surface area contributed by atoms with Crippen LogP contribution in [0.4, 0.5) is 0 Å². The van der Waals surface area contributed by atoms with Gasteiger partial charge in [-0.3, -0.25) is 9.88 Å². The van der Waals surface area contributed by atoms with Crippen LogP contribution in [0, 0.1) is 6.92 Å². The van der Waals surface area contributed by atoms with Crippen molar-refractivity contribution in [2.45, 2.75) is 32.0 Å². The highest BCUT2D eigenvalue weighted by atomic mass is 16.3. The predicted molar refractivity (Wildman–Crippen MR) is 73.8 cm³/mol. The first-order chi connectivity index (χ1) is 9.65.